The summed E-state index contributed by atoms with van der Waals surface area (Å²) in [4.78, 5) is 8.82. The third-order valence-electron chi connectivity index (χ3n) is 3.38. The van der Waals surface area contributed by atoms with E-state index >= 15 is 0 Å². The number of hydrogen-bond donors (Lipinski definition) is 1. The van der Waals surface area contributed by atoms with E-state index in [-0.39, 0.29) is 0 Å². The second-order valence-electron chi connectivity index (χ2n) is 4.83. The van der Waals surface area contributed by atoms with E-state index in [0.717, 1.165) is 23.8 Å². The van der Waals surface area contributed by atoms with Gasteiger partial charge in [-0.05, 0) is 26.3 Å². The SMILES string of the molecule is Cc1csc(Cn2cncc2C2CCCCN2)n1. The van der Waals surface area contributed by atoms with Gasteiger partial charge in [0.15, 0.2) is 0 Å². The van der Waals surface area contributed by atoms with Crippen molar-refractivity contribution in [1.29, 1.82) is 0 Å². The van der Waals surface area contributed by atoms with Gasteiger partial charge in [0.2, 0.25) is 0 Å². The first-order chi connectivity index (χ1) is 8.83. The van der Waals surface area contributed by atoms with E-state index in [0.29, 0.717) is 6.04 Å². The van der Waals surface area contributed by atoms with Crippen LogP contribution in [-0.4, -0.2) is 21.1 Å². The van der Waals surface area contributed by atoms with E-state index in [4.69, 9.17) is 0 Å². The van der Waals surface area contributed by atoms with Gasteiger partial charge < -0.3 is 9.88 Å². The second-order valence-corrected chi connectivity index (χ2v) is 5.77. The summed E-state index contributed by atoms with van der Waals surface area (Å²) in [6.07, 6.45) is 7.71. The van der Waals surface area contributed by atoms with Gasteiger partial charge in [0.05, 0.1) is 18.6 Å². The van der Waals surface area contributed by atoms with Gasteiger partial charge in [0.1, 0.15) is 5.01 Å². The lowest BCUT2D eigenvalue weighted by atomic mass is 10.0. The average molecular weight is 262 g/mol. The summed E-state index contributed by atoms with van der Waals surface area (Å²) in [7, 11) is 0. The maximum atomic E-state index is 4.52. The fourth-order valence-electron chi connectivity index (χ4n) is 2.48. The zero-order valence-electron chi connectivity index (χ0n) is 10.6. The lowest BCUT2D eigenvalue weighted by molar-refractivity contribution is 0.396. The van der Waals surface area contributed by atoms with E-state index < -0.39 is 0 Å². The van der Waals surface area contributed by atoms with Gasteiger partial charge in [-0.1, -0.05) is 6.42 Å². The molecule has 0 radical (unpaired) electrons. The van der Waals surface area contributed by atoms with Gasteiger partial charge in [-0.3, -0.25) is 0 Å². The van der Waals surface area contributed by atoms with Crippen LogP contribution in [0.4, 0.5) is 0 Å². The molecule has 0 aliphatic carbocycles. The van der Waals surface area contributed by atoms with Gasteiger partial charge in [-0.2, -0.15) is 0 Å². The van der Waals surface area contributed by atoms with Crippen molar-refractivity contribution in [2.75, 3.05) is 6.54 Å². The van der Waals surface area contributed by atoms with E-state index in [2.05, 4.69) is 25.2 Å². The number of imidazole rings is 1. The van der Waals surface area contributed by atoms with Gasteiger partial charge in [-0.25, -0.2) is 9.97 Å². The predicted molar refractivity (Wildman–Crippen MR) is 72.8 cm³/mol. The number of thiazole rings is 1. The Bertz CT molecular complexity index is 511. The van der Waals surface area contributed by atoms with Crippen molar-refractivity contribution in [3.63, 3.8) is 0 Å². The second kappa shape index (κ2) is 5.20. The van der Waals surface area contributed by atoms with Crippen LogP contribution in [-0.2, 0) is 6.54 Å². The Kier molecular flexibility index (Phi) is 3.43. The molecule has 0 saturated carbocycles. The standard InChI is InChI=1S/C13H18N4S/c1-10-8-18-13(16-10)7-17-9-14-6-12(17)11-4-2-3-5-15-11/h6,8-9,11,15H,2-5,7H2,1H3. The minimum Gasteiger partial charge on any atom is -0.326 e. The Balaban J connectivity index is 1.78. The van der Waals surface area contributed by atoms with Crippen molar-refractivity contribution < 1.29 is 0 Å². The number of hydrogen-bond acceptors (Lipinski definition) is 4. The zero-order valence-corrected chi connectivity index (χ0v) is 11.4. The van der Waals surface area contributed by atoms with Crippen molar-refractivity contribution in [2.45, 2.75) is 38.8 Å². The van der Waals surface area contributed by atoms with Crippen LogP contribution >= 0.6 is 11.3 Å². The van der Waals surface area contributed by atoms with Crippen molar-refractivity contribution in [2.24, 2.45) is 0 Å². The van der Waals surface area contributed by atoms with Crippen molar-refractivity contribution in [3.05, 3.63) is 34.3 Å². The maximum absolute atomic E-state index is 4.52. The molecule has 2 aromatic rings. The summed E-state index contributed by atoms with van der Waals surface area (Å²) in [6.45, 7) is 4.00. The molecule has 0 bridgehead atoms. The summed E-state index contributed by atoms with van der Waals surface area (Å²) in [6, 6.07) is 0.460. The number of nitrogens with zero attached hydrogens (tertiary/aromatic N) is 3. The monoisotopic (exact) mass is 262 g/mol. The normalized spacial score (nSPS) is 20.2. The molecule has 3 rings (SSSR count). The molecular formula is C13H18N4S. The fraction of sp³-hybridized carbons (Fsp3) is 0.538. The topological polar surface area (TPSA) is 42.7 Å². The molecule has 1 unspecified atom stereocenters. The van der Waals surface area contributed by atoms with Crippen LogP contribution < -0.4 is 5.32 Å². The summed E-state index contributed by atoms with van der Waals surface area (Å²) >= 11 is 1.72. The molecule has 2 aromatic heterocycles. The van der Waals surface area contributed by atoms with Crippen LogP contribution in [0.1, 0.15) is 41.7 Å². The average Bonchev–Trinajstić information content (AvgIpc) is 3.00. The molecular weight excluding hydrogens is 244 g/mol. The van der Waals surface area contributed by atoms with E-state index in [1.165, 1.54) is 25.0 Å². The zero-order chi connectivity index (χ0) is 12.4. The van der Waals surface area contributed by atoms with Crippen molar-refractivity contribution in [1.82, 2.24) is 19.9 Å². The molecule has 18 heavy (non-hydrogen) atoms. The molecule has 4 nitrogen and oxygen atoms in total. The molecule has 5 heteroatoms. The number of rotatable bonds is 3. The van der Waals surface area contributed by atoms with Crippen LogP contribution in [0.15, 0.2) is 17.9 Å². The molecule has 1 aliphatic rings. The molecule has 1 N–H and O–H groups in total. The highest BCUT2D eigenvalue weighted by Gasteiger charge is 2.18. The summed E-state index contributed by atoms with van der Waals surface area (Å²) < 4.78 is 2.22. The Morgan fingerprint density at radius 3 is 3.17 bits per heavy atom. The number of nitrogens with one attached hydrogen (secondary N) is 1. The van der Waals surface area contributed by atoms with Gasteiger partial charge >= 0.3 is 0 Å². The lowest BCUT2D eigenvalue weighted by Crippen LogP contribution is -2.28. The third kappa shape index (κ3) is 2.47. The van der Waals surface area contributed by atoms with Crippen LogP contribution in [0.25, 0.3) is 0 Å². The van der Waals surface area contributed by atoms with Gasteiger partial charge in [-0.15, -0.1) is 11.3 Å². The fourth-order valence-corrected chi connectivity index (χ4v) is 3.25. The van der Waals surface area contributed by atoms with Crippen molar-refractivity contribution in [3.8, 4) is 0 Å². The largest absolute Gasteiger partial charge is 0.326 e. The number of piperidine rings is 1. The molecule has 1 aliphatic heterocycles. The van der Waals surface area contributed by atoms with E-state index in [9.17, 15) is 0 Å². The summed E-state index contributed by atoms with van der Waals surface area (Å²) in [5.74, 6) is 0. The maximum Gasteiger partial charge on any atom is 0.113 e. The number of aromatic nitrogens is 3. The summed E-state index contributed by atoms with van der Waals surface area (Å²) in [5.41, 5.74) is 2.40. The smallest absolute Gasteiger partial charge is 0.113 e. The van der Waals surface area contributed by atoms with Crippen LogP contribution in [0.2, 0.25) is 0 Å². The lowest BCUT2D eigenvalue weighted by Gasteiger charge is -2.24. The Hall–Kier alpha value is -1.20. The van der Waals surface area contributed by atoms with Gasteiger partial charge in [0.25, 0.3) is 0 Å². The molecule has 0 amide bonds. The number of aryl methyl sites for hydroxylation is 1. The van der Waals surface area contributed by atoms with E-state index in [1.807, 2.05) is 19.4 Å². The van der Waals surface area contributed by atoms with E-state index in [1.54, 1.807) is 11.3 Å². The first kappa shape index (κ1) is 11.9. The minimum atomic E-state index is 0.460. The van der Waals surface area contributed by atoms with Crippen LogP contribution in [0.3, 0.4) is 0 Å². The van der Waals surface area contributed by atoms with Gasteiger partial charge in [0, 0.05) is 23.3 Å². The molecule has 1 atom stereocenters. The Morgan fingerprint density at radius 2 is 2.44 bits per heavy atom. The molecule has 1 fully saturated rings. The molecule has 96 valence electrons. The molecule has 1 saturated heterocycles. The highest BCUT2D eigenvalue weighted by molar-refractivity contribution is 7.09. The molecule has 3 heterocycles. The summed E-state index contributed by atoms with van der Waals surface area (Å²) in [5, 5.41) is 6.83. The first-order valence-electron chi connectivity index (χ1n) is 6.47. The highest BCUT2D eigenvalue weighted by Crippen LogP contribution is 2.23. The quantitative estimate of drug-likeness (QED) is 0.924. The van der Waals surface area contributed by atoms with Crippen LogP contribution in [0.5, 0.6) is 0 Å². The minimum absolute atomic E-state index is 0.460. The Morgan fingerprint density at radius 1 is 1.50 bits per heavy atom. The first-order valence-corrected chi connectivity index (χ1v) is 7.35. The highest BCUT2D eigenvalue weighted by atomic mass is 32.1. The van der Waals surface area contributed by atoms with Crippen molar-refractivity contribution >= 4 is 11.3 Å². The van der Waals surface area contributed by atoms with Crippen LogP contribution in [0, 0.1) is 6.92 Å². The predicted octanol–water partition coefficient (Wildman–Crippen LogP) is 2.51. The molecule has 0 spiro atoms. The third-order valence-corrected chi connectivity index (χ3v) is 4.34. The Labute approximate surface area is 111 Å². The molecule has 0 aromatic carbocycles.